The van der Waals surface area contributed by atoms with Crippen LogP contribution in [0.5, 0.6) is 0 Å². The Hall–Kier alpha value is -1.95. The highest BCUT2D eigenvalue weighted by Gasteiger charge is 2.00. The Morgan fingerprint density at radius 1 is 1.35 bits per heavy atom. The molecule has 1 rings (SSSR count). The standard InChI is InChI=1S/C7H7NO2.C2H5NO2.C2H6/c1-6-2-4-7(5-3-6)8(9)10;3-1-2(4)5;1-2/h2-5H,1H3;1,3H2,(H,4,5);1-2H3. The first kappa shape index (κ1) is 17.4. The molecule has 0 aliphatic heterocycles. The van der Waals surface area contributed by atoms with Gasteiger partial charge in [-0.15, -0.1) is 0 Å². The van der Waals surface area contributed by atoms with Crippen LogP contribution in [0.15, 0.2) is 24.3 Å². The Morgan fingerprint density at radius 2 is 1.71 bits per heavy atom. The van der Waals surface area contributed by atoms with Crippen LogP contribution < -0.4 is 5.73 Å². The van der Waals surface area contributed by atoms with E-state index in [2.05, 4.69) is 5.73 Å². The molecule has 0 aliphatic rings. The van der Waals surface area contributed by atoms with E-state index in [1.54, 1.807) is 12.1 Å². The van der Waals surface area contributed by atoms with Crippen LogP contribution in [-0.4, -0.2) is 22.5 Å². The lowest BCUT2D eigenvalue weighted by atomic mass is 10.2. The minimum atomic E-state index is -0.968. The topological polar surface area (TPSA) is 106 Å². The van der Waals surface area contributed by atoms with E-state index < -0.39 is 10.9 Å². The fourth-order valence-electron chi connectivity index (χ4n) is 0.666. The molecule has 6 heteroatoms. The number of carbonyl (C=O) groups is 1. The molecule has 0 aromatic heterocycles. The Morgan fingerprint density at radius 3 is 1.94 bits per heavy atom. The maximum Gasteiger partial charge on any atom is 0.317 e. The van der Waals surface area contributed by atoms with E-state index in [9.17, 15) is 14.9 Å². The van der Waals surface area contributed by atoms with Crippen molar-refractivity contribution in [3.8, 4) is 0 Å². The summed E-state index contributed by atoms with van der Waals surface area (Å²) in [5.74, 6) is -0.968. The molecule has 96 valence electrons. The van der Waals surface area contributed by atoms with Crippen LogP contribution >= 0.6 is 0 Å². The number of aliphatic carboxylic acids is 1. The summed E-state index contributed by atoms with van der Waals surface area (Å²) < 4.78 is 0. The van der Waals surface area contributed by atoms with Crippen LogP contribution in [0.25, 0.3) is 0 Å². The van der Waals surface area contributed by atoms with Crippen LogP contribution in [0.2, 0.25) is 0 Å². The molecule has 1 aromatic rings. The lowest BCUT2D eigenvalue weighted by Crippen LogP contribution is -2.10. The lowest BCUT2D eigenvalue weighted by molar-refractivity contribution is -0.384. The third-order valence-corrected chi connectivity index (χ3v) is 1.42. The third kappa shape index (κ3) is 10.3. The van der Waals surface area contributed by atoms with Gasteiger partial charge in [0.2, 0.25) is 0 Å². The number of nitrogens with two attached hydrogens (primary N) is 1. The van der Waals surface area contributed by atoms with Gasteiger partial charge >= 0.3 is 5.97 Å². The molecule has 1 aromatic carbocycles. The van der Waals surface area contributed by atoms with Gasteiger partial charge in [0.05, 0.1) is 11.5 Å². The van der Waals surface area contributed by atoms with Crippen LogP contribution in [0.1, 0.15) is 19.4 Å². The predicted molar refractivity (Wildman–Crippen MR) is 65.9 cm³/mol. The van der Waals surface area contributed by atoms with E-state index in [0.717, 1.165) is 5.56 Å². The minimum absolute atomic E-state index is 0.144. The number of hydrogen-bond donors (Lipinski definition) is 2. The molecule has 0 unspecified atom stereocenters. The van der Waals surface area contributed by atoms with E-state index in [0.29, 0.717) is 0 Å². The van der Waals surface area contributed by atoms with E-state index in [4.69, 9.17) is 5.11 Å². The van der Waals surface area contributed by atoms with Crippen molar-refractivity contribution in [1.82, 2.24) is 0 Å². The van der Waals surface area contributed by atoms with Crippen molar-refractivity contribution in [2.45, 2.75) is 20.8 Å². The minimum Gasteiger partial charge on any atom is -0.480 e. The number of benzene rings is 1. The molecule has 6 nitrogen and oxygen atoms in total. The number of nitro groups is 1. The SMILES string of the molecule is CC.Cc1ccc([N+](=O)[O-])cc1.NCC(=O)O. The molecule has 3 N–H and O–H groups in total. The van der Waals surface area contributed by atoms with Gasteiger partial charge in [0, 0.05) is 12.1 Å². The summed E-state index contributed by atoms with van der Waals surface area (Å²) in [5, 5.41) is 17.7. The van der Waals surface area contributed by atoms with Crippen molar-refractivity contribution in [3.63, 3.8) is 0 Å². The highest BCUT2D eigenvalue weighted by Crippen LogP contribution is 2.10. The zero-order valence-corrected chi connectivity index (χ0v) is 10.2. The largest absolute Gasteiger partial charge is 0.480 e. The van der Waals surface area contributed by atoms with E-state index >= 15 is 0 Å². The van der Waals surface area contributed by atoms with E-state index in [-0.39, 0.29) is 12.2 Å². The second kappa shape index (κ2) is 10.6. The van der Waals surface area contributed by atoms with E-state index in [1.807, 2.05) is 20.8 Å². The van der Waals surface area contributed by atoms with Gasteiger partial charge in [0.1, 0.15) is 0 Å². The smallest absolute Gasteiger partial charge is 0.317 e. The third-order valence-electron chi connectivity index (χ3n) is 1.42. The molecule has 0 spiro atoms. The molecule has 0 atom stereocenters. The molecule has 0 aliphatic carbocycles. The molecule has 17 heavy (non-hydrogen) atoms. The van der Waals surface area contributed by atoms with Gasteiger partial charge in [-0.2, -0.15) is 0 Å². The van der Waals surface area contributed by atoms with Gasteiger partial charge in [0.25, 0.3) is 5.69 Å². The highest BCUT2D eigenvalue weighted by molar-refractivity contribution is 5.68. The first-order valence-electron chi connectivity index (χ1n) is 5.10. The molecule has 0 radical (unpaired) electrons. The van der Waals surface area contributed by atoms with Crippen molar-refractivity contribution in [3.05, 3.63) is 39.9 Å². The summed E-state index contributed by atoms with van der Waals surface area (Å²) in [6.45, 7) is 5.61. The first-order valence-corrected chi connectivity index (χ1v) is 5.10. The van der Waals surface area contributed by atoms with Crippen molar-refractivity contribution in [2.75, 3.05) is 6.54 Å². The molecule has 0 fully saturated rings. The Balaban J connectivity index is 0. The maximum absolute atomic E-state index is 10.1. The van der Waals surface area contributed by atoms with Gasteiger partial charge in [0.15, 0.2) is 0 Å². The number of non-ortho nitro benzene ring substituents is 1. The number of nitro benzene ring substituents is 1. The zero-order chi connectivity index (χ0) is 13.8. The predicted octanol–water partition coefficient (Wildman–Crippen LogP) is 1.96. The summed E-state index contributed by atoms with van der Waals surface area (Å²) in [5.41, 5.74) is 5.75. The average Bonchev–Trinajstić information content (AvgIpc) is 2.33. The Bertz CT molecular complexity index is 336. The first-order chi connectivity index (χ1) is 7.97. The van der Waals surface area contributed by atoms with Crippen molar-refractivity contribution < 1.29 is 14.8 Å². The van der Waals surface area contributed by atoms with Crippen molar-refractivity contribution in [1.29, 1.82) is 0 Å². The van der Waals surface area contributed by atoms with Crippen molar-refractivity contribution >= 4 is 11.7 Å². The van der Waals surface area contributed by atoms with Gasteiger partial charge in [-0.3, -0.25) is 14.9 Å². The van der Waals surface area contributed by atoms with Crippen LogP contribution in [0, 0.1) is 17.0 Å². The molecule has 0 saturated heterocycles. The normalized spacial score (nSPS) is 8.00. The number of aryl methyl sites for hydroxylation is 1. The molecule has 0 amide bonds. The monoisotopic (exact) mass is 242 g/mol. The Labute approximate surface area is 100 Å². The summed E-state index contributed by atoms with van der Waals surface area (Å²) in [6, 6.07) is 6.43. The summed E-state index contributed by atoms with van der Waals surface area (Å²) in [6.07, 6.45) is 0. The van der Waals surface area contributed by atoms with Crippen LogP contribution in [0.3, 0.4) is 0 Å². The summed E-state index contributed by atoms with van der Waals surface area (Å²) >= 11 is 0. The number of rotatable bonds is 2. The molecular formula is C11H18N2O4. The molecule has 0 heterocycles. The maximum atomic E-state index is 10.1. The van der Waals surface area contributed by atoms with Gasteiger partial charge in [-0.1, -0.05) is 31.5 Å². The second-order valence-corrected chi connectivity index (χ2v) is 2.69. The molecule has 0 bridgehead atoms. The number of carboxylic acid groups (broad SMARTS) is 1. The molecule has 0 saturated carbocycles. The van der Waals surface area contributed by atoms with Gasteiger partial charge < -0.3 is 10.8 Å². The fourth-order valence-corrected chi connectivity index (χ4v) is 0.666. The Kier molecular flexibility index (Phi) is 10.8. The lowest BCUT2D eigenvalue weighted by Gasteiger charge is -1.90. The summed E-state index contributed by atoms with van der Waals surface area (Å²) in [4.78, 5) is 19.0. The quantitative estimate of drug-likeness (QED) is 0.609. The van der Waals surface area contributed by atoms with Crippen LogP contribution in [-0.2, 0) is 4.79 Å². The van der Waals surface area contributed by atoms with E-state index in [1.165, 1.54) is 12.1 Å². The zero-order valence-electron chi connectivity index (χ0n) is 10.2. The number of carboxylic acids is 1. The highest BCUT2D eigenvalue weighted by atomic mass is 16.6. The van der Waals surface area contributed by atoms with Gasteiger partial charge in [-0.05, 0) is 6.92 Å². The van der Waals surface area contributed by atoms with Crippen LogP contribution in [0.4, 0.5) is 5.69 Å². The fraction of sp³-hybridized carbons (Fsp3) is 0.364. The van der Waals surface area contributed by atoms with Gasteiger partial charge in [-0.25, -0.2) is 0 Å². The average molecular weight is 242 g/mol. The molecular weight excluding hydrogens is 224 g/mol. The number of nitrogens with zero attached hydrogens (tertiary/aromatic N) is 1. The summed E-state index contributed by atoms with van der Waals surface area (Å²) in [7, 11) is 0. The number of hydrogen-bond acceptors (Lipinski definition) is 4. The van der Waals surface area contributed by atoms with Crippen molar-refractivity contribution in [2.24, 2.45) is 5.73 Å². The second-order valence-electron chi connectivity index (χ2n) is 2.69.